The lowest BCUT2D eigenvalue weighted by atomic mass is 10.2. The van der Waals surface area contributed by atoms with Crippen LogP contribution in [0.25, 0.3) is 16.6 Å². The molecule has 0 atom stereocenters. The predicted octanol–water partition coefficient (Wildman–Crippen LogP) is 3.75. The van der Waals surface area contributed by atoms with Gasteiger partial charge in [-0.3, -0.25) is 9.36 Å². The quantitative estimate of drug-likeness (QED) is 0.541. The van der Waals surface area contributed by atoms with E-state index in [1.165, 1.54) is 22.8 Å². The second-order valence-electron chi connectivity index (χ2n) is 5.95. The molecule has 0 saturated carbocycles. The number of benzene rings is 2. The van der Waals surface area contributed by atoms with Gasteiger partial charge in [-0.25, -0.2) is 19.3 Å². The molecule has 0 N–H and O–H groups in total. The van der Waals surface area contributed by atoms with Crippen LogP contribution in [0.15, 0.2) is 65.7 Å². The van der Waals surface area contributed by atoms with Crippen LogP contribution in [0.1, 0.15) is 11.6 Å². The normalized spacial score (nSPS) is 11.0. The summed E-state index contributed by atoms with van der Waals surface area (Å²) in [5.74, 6) is 0.675. The Hall–Kier alpha value is -3.12. The summed E-state index contributed by atoms with van der Waals surface area (Å²) in [6.45, 7) is 0. The smallest absolute Gasteiger partial charge is 0.266 e. The summed E-state index contributed by atoms with van der Waals surface area (Å²) in [6.07, 6.45) is 4.27. The molecular formula is C20H14ClFN4O. The Morgan fingerprint density at radius 3 is 2.56 bits per heavy atom. The molecule has 4 rings (SSSR count). The summed E-state index contributed by atoms with van der Waals surface area (Å²) in [4.78, 5) is 26.1. The van der Waals surface area contributed by atoms with E-state index < -0.39 is 5.82 Å². The van der Waals surface area contributed by atoms with E-state index in [0.29, 0.717) is 40.7 Å². The molecule has 2 aromatic heterocycles. The van der Waals surface area contributed by atoms with Gasteiger partial charge in [0.05, 0.1) is 21.6 Å². The van der Waals surface area contributed by atoms with Crippen LogP contribution in [0.2, 0.25) is 5.02 Å². The number of para-hydroxylation sites is 1. The lowest BCUT2D eigenvalue weighted by Crippen LogP contribution is -2.25. The average Bonchev–Trinajstić information content (AvgIpc) is 2.69. The molecule has 27 heavy (non-hydrogen) atoms. The van der Waals surface area contributed by atoms with E-state index in [9.17, 15) is 9.18 Å². The molecule has 2 heterocycles. The van der Waals surface area contributed by atoms with Crippen LogP contribution in [0.3, 0.4) is 0 Å². The zero-order valence-corrected chi connectivity index (χ0v) is 14.9. The molecule has 0 unspecified atom stereocenters. The number of fused-ring (bicyclic) bond motifs is 1. The molecule has 0 amide bonds. The van der Waals surface area contributed by atoms with Gasteiger partial charge in [0.15, 0.2) is 0 Å². The zero-order valence-electron chi connectivity index (χ0n) is 14.1. The van der Waals surface area contributed by atoms with Crippen LogP contribution in [0, 0.1) is 5.82 Å². The Morgan fingerprint density at radius 2 is 1.78 bits per heavy atom. The molecular weight excluding hydrogens is 367 g/mol. The first kappa shape index (κ1) is 17.3. The number of nitrogens with zero attached hydrogens (tertiary/aromatic N) is 4. The molecule has 0 aliphatic rings. The second-order valence-corrected chi connectivity index (χ2v) is 6.35. The van der Waals surface area contributed by atoms with Crippen molar-refractivity contribution in [2.24, 2.45) is 0 Å². The summed E-state index contributed by atoms with van der Waals surface area (Å²) in [6, 6.07) is 12.7. The molecule has 0 radical (unpaired) electrons. The maximum atomic E-state index is 13.7. The third kappa shape index (κ3) is 3.44. The first-order valence-electron chi connectivity index (χ1n) is 8.35. The molecule has 0 spiro atoms. The van der Waals surface area contributed by atoms with E-state index in [4.69, 9.17) is 11.6 Å². The molecule has 2 aromatic carbocycles. The second kappa shape index (κ2) is 7.25. The molecule has 0 bridgehead atoms. The Morgan fingerprint density at radius 1 is 1.00 bits per heavy atom. The summed E-state index contributed by atoms with van der Waals surface area (Å²) < 4.78 is 15.1. The van der Waals surface area contributed by atoms with Crippen LogP contribution in [0.4, 0.5) is 4.39 Å². The van der Waals surface area contributed by atoms with Gasteiger partial charge in [0.2, 0.25) is 0 Å². The Bertz CT molecular complexity index is 1180. The lowest BCUT2D eigenvalue weighted by Gasteiger charge is -2.14. The highest BCUT2D eigenvalue weighted by atomic mass is 35.5. The van der Waals surface area contributed by atoms with Gasteiger partial charge in [0.25, 0.3) is 5.56 Å². The van der Waals surface area contributed by atoms with E-state index in [1.54, 1.807) is 42.7 Å². The summed E-state index contributed by atoms with van der Waals surface area (Å²) in [5, 5.41) is 0.615. The van der Waals surface area contributed by atoms with Gasteiger partial charge in [-0.1, -0.05) is 23.7 Å². The van der Waals surface area contributed by atoms with Crippen LogP contribution in [-0.2, 0) is 12.8 Å². The monoisotopic (exact) mass is 380 g/mol. The highest BCUT2D eigenvalue weighted by molar-refractivity contribution is 6.32. The van der Waals surface area contributed by atoms with Gasteiger partial charge in [-0.05, 0) is 36.4 Å². The highest BCUT2D eigenvalue weighted by Crippen LogP contribution is 2.21. The molecule has 4 aromatic rings. The van der Waals surface area contributed by atoms with E-state index in [0.717, 1.165) is 0 Å². The van der Waals surface area contributed by atoms with E-state index in [-0.39, 0.29) is 10.9 Å². The minimum atomic E-state index is -0.488. The highest BCUT2D eigenvalue weighted by Gasteiger charge is 2.15. The summed E-state index contributed by atoms with van der Waals surface area (Å²) in [5.41, 5.74) is 0.581. The minimum absolute atomic E-state index is 0.203. The van der Waals surface area contributed by atoms with Crippen molar-refractivity contribution in [2.75, 3.05) is 0 Å². The number of rotatable bonds is 4. The molecule has 7 heteroatoms. The fraction of sp³-hybridized carbons (Fsp3) is 0.100. The molecule has 134 valence electrons. The summed E-state index contributed by atoms with van der Waals surface area (Å²) >= 11 is 6.32. The number of hydrogen-bond acceptors (Lipinski definition) is 4. The lowest BCUT2D eigenvalue weighted by molar-refractivity contribution is 0.629. The Balaban J connectivity index is 1.90. The van der Waals surface area contributed by atoms with Gasteiger partial charge < -0.3 is 0 Å². The van der Waals surface area contributed by atoms with Crippen molar-refractivity contribution in [2.45, 2.75) is 12.8 Å². The van der Waals surface area contributed by atoms with Gasteiger partial charge in [0.1, 0.15) is 17.5 Å². The molecule has 0 fully saturated rings. The van der Waals surface area contributed by atoms with Crippen molar-refractivity contribution >= 4 is 22.5 Å². The minimum Gasteiger partial charge on any atom is -0.268 e. The van der Waals surface area contributed by atoms with E-state index in [2.05, 4.69) is 15.0 Å². The standard InChI is InChI=1S/C20H14ClFN4O/c21-15-4-1-2-5-17(15)26-19(9-8-18-23-10-3-11-24-18)25-16-7-6-13(22)12-14(16)20(26)27/h1-7,10-12H,8-9H2. The number of aromatic nitrogens is 4. The third-order valence-electron chi connectivity index (χ3n) is 4.18. The molecule has 0 aliphatic heterocycles. The van der Waals surface area contributed by atoms with Crippen molar-refractivity contribution in [3.8, 4) is 5.69 Å². The maximum absolute atomic E-state index is 13.7. The van der Waals surface area contributed by atoms with Crippen molar-refractivity contribution in [3.05, 3.63) is 93.8 Å². The van der Waals surface area contributed by atoms with Gasteiger partial charge in [-0.2, -0.15) is 0 Å². The Labute approximate surface area is 159 Å². The molecule has 0 saturated heterocycles. The first-order chi connectivity index (χ1) is 13.1. The van der Waals surface area contributed by atoms with Crippen molar-refractivity contribution in [1.82, 2.24) is 19.5 Å². The first-order valence-corrected chi connectivity index (χ1v) is 8.73. The van der Waals surface area contributed by atoms with Crippen LogP contribution in [0.5, 0.6) is 0 Å². The van der Waals surface area contributed by atoms with Gasteiger partial charge in [0, 0.05) is 25.2 Å². The van der Waals surface area contributed by atoms with Crippen molar-refractivity contribution in [3.63, 3.8) is 0 Å². The van der Waals surface area contributed by atoms with Crippen molar-refractivity contribution < 1.29 is 4.39 Å². The summed E-state index contributed by atoms with van der Waals surface area (Å²) in [7, 11) is 0. The average molecular weight is 381 g/mol. The Kier molecular flexibility index (Phi) is 4.64. The van der Waals surface area contributed by atoms with Gasteiger partial charge >= 0.3 is 0 Å². The molecule has 0 aliphatic carbocycles. The van der Waals surface area contributed by atoms with E-state index >= 15 is 0 Å². The van der Waals surface area contributed by atoms with Crippen molar-refractivity contribution in [1.29, 1.82) is 0 Å². The largest absolute Gasteiger partial charge is 0.268 e. The number of halogens is 2. The van der Waals surface area contributed by atoms with E-state index in [1.807, 2.05) is 0 Å². The predicted molar refractivity (Wildman–Crippen MR) is 102 cm³/mol. The van der Waals surface area contributed by atoms with Crippen LogP contribution >= 0.6 is 11.6 Å². The third-order valence-corrected chi connectivity index (χ3v) is 4.50. The van der Waals surface area contributed by atoms with Gasteiger partial charge in [-0.15, -0.1) is 0 Å². The SMILES string of the molecule is O=c1c2cc(F)ccc2nc(CCc2ncccn2)n1-c1ccccc1Cl. The fourth-order valence-electron chi connectivity index (χ4n) is 2.94. The fourth-order valence-corrected chi connectivity index (χ4v) is 3.16. The number of hydrogen-bond donors (Lipinski definition) is 0. The van der Waals surface area contributed by atoms with Crippen LogP contribution in [-0.4, -0.2) is 19.5 Å². The molecule has 5 nitrogen and oxygen atoms in total. The maximum Gasteiger partial charge on any atom is 0.266 e. The van der Waals surface area contributed by atoms with Crippen LogP contribution < -0.4 is 5.56 Å². The number of aryl methyl sites for hydroxylation is 2. The zero-order chi connectivity index (χ0) is 18.8. The topological polar surface area (TPSA) is 60.7 Å².